The smallest absolute Gasteiger partial charge is 0.132 e. The fourth-order valence-corrected chi connectivity index (χ4v) is 2.35. The fraction of sp³-hybridized carbons (Fsp3) is 0.650. The number of hydrogen-bond acceptors (Lipinski definition) is 2. The van der Waals surface area contributed by atoms with Gasteiger partial charge in [-0.3, -0.25) is 4.79 Å². The van der Waals surface area contributed by atoms with Gasteiger partial charge >= 0.3 is 0 Å². The normalized spacial score (nSPS) is 12.2. The maximum Gasteiger partial charge on any atom is 0.132 e. The van der Waals surface area contributed by atoms with Crippen LogP contribution in [0, 0.1) is 12.8 Å². The summed E-state index contributed by atoms with van der Waals surface area (Å²) in [5, 5.41) is 0. The van der Waals surface area contributed by atoms with E-state index >= 15 is 0 Å². The molecule has 1 rings (SSSR count). The highest BCUT2D eigenvalue weighted by Gasteiger charge is 2.05. The molecule has 0 aliphatic rings. The highest BCUT2D eigenvalue weighted by molar-refractivity contribution is 5.77. The number of ether oxygens (including phenoxy) is 1. The first-order chi connectivity index (χ1) is 10.6. The van der Waals surface area contributed by atoms with E-state index in [1.807, 2.05) is 6.92 Å². The minimum Gasteiger partial charge on any atom is -0.493 e. The average molecular weight is 304 g/mol. The van der Waals surface area contributed by atoms with Crippen molar-refractivity contribution in [3.05, 3.63) is 29.3 Å². The molecule has 1 unspecified atom stereocenters. The van der Waals surface area contributed by atoms with E-state index < -0.39 is 0 Å². The Labute approximate surface area is 136 Å². The molecule has 2 heteroatoms. The van der Waals surface area contributed by atoms with Gasteiger partial charge in [-0.15, -0.1) is 0 Å². The van der Waals surface area contributed by atoms with Gasteiger partial charge in [0.15, 0.2) is 0 Å². The highest BCUT2D eigenvalue weighted by atomic mass is 16.5. The van der Waals surface area contributed by atoms with Crippen LogP contribution in [0.3, 0.4) is 0 Å². The lowest BCUT2D eigenvalue weighted by Gasteiger charge is -2.13. The third-order valence-corrected chi connectivity index (χ3v) is 4.35. The summed E-state index contributed by atoms with van der Waals surface area (Å²) in [4.78, 5) is 11.3. The summed E-state index contributed by atoms with van der Waals surface area (Å²) in [6, 6.07) is 6.41. The lowest BCUT2D eigenvalue weighted by Crippen LogP contribution is -2.07. The standard InChI is InChI=1S/C20H32O2/c1-5-16(3)15-22-20-13-12-17(4)18(14-20)10-8-7-9-11-19(21)6-2/h12-14,16H,5-11,15H2,1-4H3. The molecular weight excluding hydrogens is 272 g/mol. The van der Waals surface area contributed by atoms with Crippen LogP contribution in [-0.2, 0) is 11.2 Å². The molecule has 2 nitrogen and oxygen atoms in total. The number of unbranched alkanes of at least 4 members (excludes halogenated alkanes) is 2. The third kappa shape index (κ3) is 7.11. The monoisotopic (exact) mass is 304 g/mol. The van der Waals surface area contributed by atoms with Gasteiger partial charge in [-0.05, 0) is 55.4 Å². The first-order valence-corrected chi connectivity index (χ1v) is 8.80. The summed E-state index contributed by atoms with van der Waals surface area (Å²) in [7, 11) is 0. The lowest BCUT2D eigenvalue weighted by molar-refractivity contribution is -0.118. The lowest BCUT2D eigenvalue weighted by atomic mass is 10.0. The molecule has 1 atom stereocenters. The zero-order chi connectivity index (χ0) is 16.4. The van der Waals surface area contributed by atoms with Gasteiger partial charge in [-0.25, -0.2) is 0 Å². The molecule has 1 aromatic rings. The molecule has 1 aromatic carbocycles. The van der Waals surface area contributed by atoms with Crippen molar-refractivity contribution in [2.75, 3.05) is 6.61 Å². The summed E-state index contributed by atoms with van der Waals surface area (Å²) in [6.07, 6.45) is 6.94. The SMILES string of the molecule is CCC(=O)CCCCCc1cc(OCC(C)CC)ccc1C. The van der Waals surface area contributed by atoms with Gasteiger partial charge in [-0.2, -0.15) is 0 Å². The van der Waals surface area contributed by atoms with Crippen LogP contribution >= 0.6 is 0 Å². The van der Waals surface area contributed by atoms with Gasteiger partial charge in [-0.1, -0.05) is 39.7 Å². The summed E-state index contributed by atoms with van der Waals surface area (Å²) in [6.45, 7) is 9.30. The van der Waals surface area contributed by atoms with Crippen LogP contribution in [0.25, 0.3) is 0 Å². The van der Waals surface area contributed by atoms with E-state index in [0.29, 0.717) is 18.1 Å². The number of carbonyl (C=O) groups excluding carboxylic acids is 1. The number of hydrogen-bond donors (Lipinski definition) is 0. The average Bonchev–Trinajstić information content (AvgIpc) is 2.54. The van der Waals surface area contributed by atoms with Crippen molar-refractivity contribution in [3.63, 3.8) is 0 Å². The number of Topliss-reactive ketones (excluding diaryl/α,β-unsaturated/α-hetero) is 1. The maximum atomic E-state index is 11.3. The van der Waals surface area contributed by atoms with Crippen molar-refractivity contribution in [2.24, 2.45) is 5.92 Å². The van der Waals surface area contributed by atoms with E-state index in [9.17, 15) is 4.79 Å². The van der Waals surface area contributed by atoms with Crippen molar-refractivity contribution >= 4 is 5.78 Å². The largest absolute Gasteiger partial charge is 0.493 e. The number of rotatable bonds is 11. The minimum absolute atomic E-state index is 0.386. The van der Waals surface area contributed by atoms with E-state index in [4.69, 9.17) is 4.74 Å². The summed E-state index contributed by atoms with van der Waals surface area (Å²) in [5.74, 6) is 1.97. The summed E-state index contributed by atoms with van der Waals surface area (Å²) < 4.78 is 5.88. The molecule has 0 radical (unpaired) electrons. The van der Waals surface area contributed by atoms with E-state index in [-0.39, 0.29) is 0 Å². The number of aryl methyl sites for hydroxylation is 2. The Bertz CT molecular complexity index is 451. The molecule has 0 bridgehead atoms. The first kappa shape index (κ1) is 18.7. The molecule has 0 amide bonds. The predicted octanol–water partition coefficient (Wildman–Crippen LogP) is 5.50. The quantitative estimate of drug-likeness (QED) is 0.504. The van der Waals surface area contributed by atoms with Crippen molar-refractivity contribution in [1.82, 2.24) is 0 Å². The van der Waals surface area contributed by atoms with Crippen LogP contribution in [0.4, 0.5) is 0 Å². The molecule has 124 valence electrons. The number of benzene rings is 1. The molecule has 0 spiro atoms. The topological polar surface area (TPSA) is 26.3 Å². The molecule has 0 aromatic heterocycles. The second kappa shape index (κ2) is 10.4. The summed E-state index contributed by atoms with van der Waals surface area (Å²) in [5.41, 5.74) is 2.71. The highest BCUT2D eigenvalue weighted by Crippen LogP contribution is 2.20. The predicted molar refractivity (Wildman–Crippen MR) is 93.6 cm³/mol. The molecule has 0 saturated carbocycles. The van der Waals surface area contributed by atoms with E-state index in [1.54, 1.807) is 0 Å². The fourth-order valence-electron chi connectivity index (χ4n) is 2.35. The third-order valence-electron chi connectivity index (χ3n) is 4.35. The Morgan fingerprint density at radius 2 is 1.95 bits per heavy atom. The van der Waals surface area contributed by atoms with Crippen LogP contribution in [-0.4, -0.2) is 12.4 Å². The minimum atomic E-state index is 0.386. The van der Waals surface area contributed by atoms with E-state index in [1.165, 1.54) is 11.1 Å². The zero-order valence-electron chi connectivity index (χ0n) is 14.8. The van der Waals surface area contributed by atoms with Gasteiger partial charge in [0.1, 0.15) is 11.5 Å². The van der Waals surface area contributed by atoms with E-state index in [2.05, 4.69) is 39.0 Å². The van der Waals surface area contributed by atoms with Gasteiger partial charge in [0.25, 0.3) is 0 Å². The molecular formula is C20H32O2. The second-order valence-corrected chi connectivity index (χ2v) is 6.37. The van der Waals surface area contributed by atoms with Gasteiger partial charge in [0.05, 0.1) is 6.61 Å². The van der Waals surface area contributed by atoms with Gasteiger partial charge in [0, 0.05) is 12.8 Å². The Balaban J connectivity index is 2.40. The van der Waals surface area contributed by atoms with Crippen molar-refractivity contribution in [1.29, 1.82) is 0 Å². The van der Waals surface area contributed by atoms with Crippen molar-refractivity contribution in [3.8, 4) is 5.75 Å². The van der Waals surface area contributed by atoms with Gasteiger partial charge < -0.3 is 4.74 Å². The van der Waals surface area contributed by atoms with Crippen LogP contribution in [0.2, 0.25) is 0 Å². The van der Waals surface area contributed by atoms with Crippen LogP contribution in [0.5, 0.6) is 5.75 Å². The van der Waals surface area contributed by atoms with Crippen LogP contribution in [0.15, 0.2) is 18.2 Å². The van der Waals surface area contributed by atoms with E-state index in [0.717, 1.165) is 50.9 Å². The maximum absolute atomic E-state index is 11.3. The Hall–Kier alpha value is -1.31. The molecule has 0 fully saturated rings. The second-order valence-electron chi connectivity index (χ2n) is 6.37. The van der Waals surface area contributed by atoms with Crippen LogP contribution < -0.4 is 4.74 Å². The number of carbonyl (C=O) groups is 1. The number of ketones is 1. The molecule has 0 heterocycles. The zero-order valence-corrected chi connectivity index (χ0v) is 14.8. The Morgan fingerprint density at radius 1 is 1.18 bits per heavy atom. The molecule has 0 aliphatic heterocycles. The van der Waals surface area contributed by atoms with Crippen LogP contribution in [0.1, 0.15) is 70.4 Å². The molecule has 0 aliphatic carbocycles. The first-order valence-electron chi connectivity index (χ1n) is 8.80. The van der Waals surface area contributed by atoms with Crippen molar-refractivity contribution in [2.45, 2.75) is 72.6 Å². The Kier molecular flexibility index (Phi) is 8.88. The molecule has 0 N–H and O–H groups in total. The van der Waals surface area contributed by atoms with Gasteiger partial charge in [0.2, 0.25) is 0 Å². The molecule has 0 saturated heterocycles. The summed E-state index contributed by atoms with van der Waals surface area (Å²) >= 11 is 0. The molecule has 22 heavy (non-hydrogen) atoms. The van der Waals surface area contributed by atoms with Crippen molar-refractivity contribution < 1.29 is 9.53 Å². The Morgan fingerprint density at radius 3 is 2.64 bits per heavy atom.